The van der Waals surface area contributed by atoms with Crippen LogP contribution in [0.5, 0.6) is 0 Å². The van der Waals surface area contributed by atoms with Crippen molar-refractivity contribution >= 4 is 17.2 Å². The predicted octanol–water partition coefficient (Wildman–Crippen LogP) is 2.33. The van der Waals surface area contributed by atoms with Crippen molar-refractivity contribution < 1.29 is 9.72 Å². The van der Waals surface area contributed by atoms with E-state index in [0.29, 0.717) is 0 Å². The maximum atomic E-state index is 11.5. The number of ketones is 1. The van der Waals surface area contributed by atoms with E-state index in [4.69, 9.17) is 0 Å². The summed E-state index contributed by atoms with van der Waals surface area (Å²) in [5.74, 6) is -0.285. The maximum Gasteiger partial charge on any atom is 0.282 e. The molecule has 0 aliphatic carbocycles. The number of hydrogen-bond acceptors (Lipinski definition) is 5. The summed E-state index contributed by atoms with van der Waals surface area (Å²) < 4.78 is 0. The van der Waals surface area contributed by atoms with Crippen LogP contribution in [0.25, 0.3) is 0 Å². The summed E-state index contributed by atoms with van der Waals surface area (Å²) in [6.45, 7) is 8.15. The van der Waals surface area contributed by atoms with E-state index in [-0.39, 0.29) is 22.6 Å². The molecule has 6 heteroatoms. The van der Waals surface area contributed by atoms with Crippen molar-refractivity contribution in [2.75, 3.05) is 31.6 Å². The monoisotopic (exact) mass is 291 g/mol. The van der Waals surface area contributed by atoms with Gasteiger partial charge in [-0.1, -0.05) is 0 Å². The molecule has 2 rings (SSSR count). The number of nitro groups is 1. The molecule has 0 aromatic heterocycles. The molecule has 21 heavy (non-hydrogen) atoms. The van der Waals surface area contributed by atoms with Crippen molar-refractivity contribution in [1.29, 1.82) is 0 Å². The minimum atomic E-state index is -0.485. The molecule has 1 fully saturated rings. The Morgan fingerprint density at radius 1 is 1.33 bits per heavy atom. The first-order valence-electron chi connectivity index (χ1n) is 6.98. The molecular formula is C15H21N3O3. The van der Waals surface area contributed by atoms with Crippen LogP contribution in [0.4, 0.5) is 11.4 Å². The summed E-state index contributed by atoms with van der Waals surface area (Å²) in [5.41, 5.74) is 0.855. The minimum absolute atomic E-state index is 0.00623. The van der Waals surface area contributed by atoms with E-state index in [1.807, 2.05) is 0 Å². The van der Waals surface area contributed by atoms with Crippen LogP contribution < -0.4 is 4.90 Å². The fraction of sp³-hybridized carbons (Fsp3) is 0.533. The van der Waals surface area contributed by atoms with Gasteiger partial charge in [-0.3, -0.25) is 19.8 Å². The molecule has 1 aromatic carbocycles. The van der Waals surface area contributed by atoms with Gasteiger partial charge >= 0.3 is 0 Å². The minimum Gasteiger partial charge on any atom is -0.368 e. The lowest BCUT2D eigenvalue weighted by Crippen LogP contribution is -2.57. The van der Waals surface area contributed by atoms with Crippen molar-refractivity contribution in [2.24, 2.45) is 0 Å². The molecule has 1 aliphatic heterocycles. The fourth-order valence-corrected chi connectivity index (χ4v) is 2.63. The second-order valence-corrected chi connectivity index (χ2v) is 6.17. The van der Waals surface area contributed by atoms with Crippen LogP contribution in [0.3, 0.4) is 0 Å². The Morgan fingerprint density at radius 2 is 2.00 bits per heavy atom. The number of anilines is 1. The van der Waals surface area contributed by atoms with E-state index < -0.39 is 4.92 Å². The highest BCUT2D eigenvalue weighted by Gasteiger charge is 2.32. The molecule has 1 aromatic rings. The first-order valence-corrected chi connectivity index (χ1v) is 6.98. The molecule has 0 saturated carbocycles. The van der Waals surface area contributed by atoms with Crippen LogP contribution in [0.2, 0.25) is 0 Å². The number of Topliss-reactive ketones (excluding diaryl/α,β-unsaturated/α-hetero) is 1. The number of rotatable bonds is 3. The van der Waals surface area contributed by atoms with Crippen LogP contribution in [0, 0.1) is 10.1 Å². The molecular weight excluding hydrogens is 270 g/mol. The number of benzene rings is 1. The number of likely N-dealkylation sites (N-methyl/N-ethyl adjacent to an activating group) is 1. The third kappa shape index (κ3) is 3.05. The Kier molecular flexibility index (Phi) is 4.00. The largest absolute Gasteiger partial charge is 0.368 e. The summed E-state index contributed by atoms with van der Waals surface area (Å²) in [6, 6.07) is 4.87. The van der Waals surface area contributed by atoms with Gasteiger partial charge in [-0.2, -0.15) is 0 Å². The highest BCUT2D eigenvalue weighted by Crippen LogP contribution is 2.29. The Bertz CT molecular complexity index is 584. The van der Waals surface area contributed by atoms with E-state index in [2.05, 4.69) is 30.7 Å². The lowest BCUT2D eigenvalue weighted by atomic mass is 9.98. The Labute approximate surface area is 124 Å². The van der Waals surface area contributed by atoms with Gasteiger partial charge in [-0.05, 0) is 40.0 Å². The smallest absolute Gasteiger partial charge is 0.282 e. The third-order valence-corrected chi connectivity index (χ3v) is 4.24. The third-order valence-electron chi connectivity index (χ3n) is 4.24. The second-order valence-electron chi connectivity index (χ2n) is 6.17. The summed E-state index contributed by atoms with van der Waals surface area (Å²) in [4.78, 5) is 26.6. The van der Waals surface area contributed by atoms with Gasteiger partial charge in [-0.15, -0.1) is 0 Å². The van der Waals surface area contributed by atoms with Gasteiger partial charge in [0.25, 0.3) is 5.69 Å². The summed E-state index contributed by atoms with van der Waals surface area (Å²) in [7, 11) is 2.08. The average molecular weight is 291 g/mol. The lowest BCUT2D eigenvalue weighted by molar-refractivity contribution is -0.385. The average Bonchev–Trinajstić information content (AvgIpc) is 2.41. The number of carbonyl (C=O) groups is 1. The van der Waals surface area contributed by atoms with Crippen LogP contribution in [-0.2, 0) is 0 Å². The van der Waals surface area contributed by atoms with Gasteiger partial charge in [0.2, 0.25) is 0 Å². The molecule has 114 valence electrons. The molecule has 0 amide bonds. The topological polar surface area (TPSA) is 66.7 Å². The lowest BCUT2D eigenvalue weighted by Gasteiger charge is -2.46. The molecule has 0 unspecified atom stereocenters. The molecule has 0 N–H and O–H groups in total. The summed E-state index contributed by atoms with van der Waals surface area (Å²) >= 11 is 0. The van der Waals surface area contributed by atoms with Crippen molar-refractivity contribution in [2.45, 2.75) is 26.3 Å². The van der Waals surface area contributed by atoms with Gasteiger partial charge in [-0.25, -0.2) is 0 Å². The van der Waals surface area contributed by atoms with Crippen LogP contribution >= 0.6 is 0 Å². The first kappa shape index (κ1) is 15.4. The fourth-order valence-electron chi connectivity index (χ4n) is 2.63. The van der Waals surface area contributed by atoms with E-state index in [9.17, 15) is 14.9 Å². The van der Waals surface area contributed by atoms with Crippen molar-refractivity contribution in [3.8, 4) is 0 Å². The molecule has 1 heterocycles. The number of carbonyl (C=O) groups excluding carboxylic acids is 1. The van der Waals surface area contributed by atoms with E-state index in [0.717, 1.165) is 25.3 Å². The molecule has 0 atom stereocenters. The van der Waals surface area contributed by atoms with Crippen molar-refractivity contribution in [1.82, 2.24) is 4.90 Å². The molecule has 6 nitrogen and oxygen atoms in total. The molecule has 1 saturated heterocycles. The second kappa shape index (κ2) is 5.44. The number of nitro benzene ring substituents is 1. The SMILES string of the molecule is CC(=O)c1ccc(N2CCN(C)C(C)(C)C2)cc1[N+](=O)[O-]. The molecule has 0 spiro atoms. The van der Waals surface area contributed by atoms with Gasteiger partial charge in [0.05, 0.1) is 10.5 Å². The molecule has 1 aliphatic rings. The molecule has 0 radical (unpaired) electrons. The predicted molar refractivity (Wildman–Crippen MR) is 82.0 cm³/mol. The van der Waals surface area contributed by atoms with Gasteiger partial charge < -0.3 is 4.90 Å². The quantitative estimate of drug-likeness (QED) is 0.486. The zero-order valence-corrected chi connectivity index (χ0v) is 12.9. The summed E-state index contributed by atoms with van der Waals surface area (Å²) in [5, 5.41) is 11.2. The standard InChI is InChI=1S/C15H21N3O3/c1-11(19)13-6-5-12(9-14(13)18(20)21)17-8-7-16(4)15(2,3)10-17/h5-6,9H,7-8,10H2,1-4H3. The highest BCUT2D eigenvalue weighted by atomic mass is 16.6. The normalized spacial score (nSPS) is 18.6. The maximum absolute atomic E-state index is 11.5. The first-order chi connectivity index (χ1) is 9.72. The highest BCUT2D eigenvalue weighted by molar-refractivity contribution is 5.98. The number of hydrogen-bond donors (Lipinski definition) is 0. The summed E-state index contributed by atoms with van der Waals surface area (Å²) in [6.07, 6.45) is 0. The van der Waals surface area contributed by atoms with Crippen molar-refractivity contribution in [3.05, 3.63) is 33.9 Å². The Morgan fingerprint density at radius 3 is 2.52 bits per heavy atom. The van der Waals surface area contributed by atoms with E-state index >= 15 is 0 Å². The number of piperazine rings is 1. The zero-order chi connectivity index (χ0) is 15.8. The van der Waals surface area contributed by atoms with Crippen LogP contribution in [-0.4, -0.2) is 47.8 Å². The van der Waals surface area contributed by atoms with E-state index in [1.54, 1.807) is 12.1 Å². The zero-order valence-electron chi connectivity index (χ0n) is 12.9. The molecule has 0 bridgehead atoms. The van der Waals surface area contributed by atoms with Gasteiger partial charge in [0.15, 0.2) is 5.78 Å². The van der Waals surface area contributed by atoms with E-state index in [1.165, 1.54) is 13.0 Å². The van der Waals surface area contributed by atoms with Gasteiger partial charge in [0.1, 0.15) is 0 Å². The number of nitrogens with zero attached hydrogens (tertiary/aromatic N) is 3. The van der Waals surface area contributed by atoms with Gasteiger partial charge in [0, 0.05) is 36.9 Å². The Hall–Kier alpha value is -1.95. The van der Waals surface area contributed by atoms with Crippen LogP contribution in [0.15, 0.2) is 18.2 Å². The van der Waals surface area contributed by atoms with Crippen molar-refractivity contribution in [3.63, 3.8) is 0 Å². The Balaban J connectivity index is 2.35. The van der Waals surface area contributed by atoms with Crippen LogP contribution in [0.1, 0.15) is 31.1 Å².